The minimum absolute atomic E-state index is 0.450. The van der Waals surface area contributed by atoms with Crippen LogP contribution in [0.1, 0.15) is 18.9 Å². The minimum atomic E-state index is -0.801. The number of hydrogen-bond acceptors (Lipinski definition) is 4. The van der Waals surface area contributed by atoms with Crippen molar-refractivity contribution in [1.29, 1.82) is 0 Å². The number of nitrogens with two attached hydrogens (primary N) is 1. The number of aryl methyl sites for hydroxylation is 1. The van der Waals surface area contributed by atoms with E-state index in [-0.39, 0.29) is 0 Å². The van der Waals surface area contributed by atoms with Crippen LogP contribution >= 0.6 is 0 Å². The summed E-state index contributed by atoms with van der Waals surface area (Å²) in [6.45, 7) is 4.76. The molecule has 0 aliphatic carbocycles. The summed E-state index contributed by atoms with van der Waals surface area (Å²) in [6, 6.07) is 5.75. The first-order valence-electron chi connectivity index (χ1n) is 5.76. The number of rotatable bonds is 6. The first-order chi connectivity index (χ1) is 7.96. The third-order valence-corrected chi connectivity index (χ3v) is 2.80. The molecule has 0 saturated heterocycles. The van der Waals surface area contributed by atoms with Crippen molar-refractivity contribution in [3.05, 3.63) is 23.8 Å². The Hall–Kier alpha value is -1.26. The van der Waals surface area contributed by atoms with E-state index in [2.05, 4.69) is 5.32 Å². The van der Waals surface area contributed by atoms with Gasteiger partial charge in [-0.15, -0.1) is 0 Å². The van der Waals surface area contributed by atoms with Crippen LogP contribution in [0, 0.1) is 6.92 Å². The molecule has 1 atom stereocenters. The normalized spacial score (nSPS) is 14.4. The predicted molar refractivity (Wildman–Crippen MR) is 71.2 cm³/mol. The third-order valence-electron chi connectivity index (χ3n) is 2.80. The number of benzene rings is 1. The Morgan fingerprint density at radius 3 is 2.76 bits per heavy atom. The number of aliphatic hydroxyl groups is 1. The zero-order valence-electron chi connectivity index (χ0n) is 10.8. The molecule has 0 fully saturated rings. The summed E-state index contributed by atoms with van der Waals surface area (Å²) >= 11 is 0. The summed E-state index contributed by atoms with van der Waals surface area (Å²) < 4.78 is 4.96. The SMILES string of the molecule is COCCC(C)(O)CNc1c(C)cccc1N. The lowest BCUT2D eigenvalue weighted by Crippen LogP contribution is -2.35. The maximum Gasteiger partial charge on any atom is 0.0813 e. The molecule has 0 heterocycles. The third kappa shape index (κ3) is 4.24. The Labute approximate surface area is 103 Å². The highest BCUT2D eigenvalue weighted by molar-refractivity contribution is 5.69. The maximum atomic E-state index is 10.1. The van der Waals surface area contributed by atoms with E-state index in [1.807, 2.05) is 25.1 Å². The van der Waals surface area contributed by atoms with Crippen LogP contribution in [-0.2, 0) is 4.74 Å². The number of nitrogens with one attached hydrogen (secondary N) is 1. The monoisotopic (exact) mass is 238 g/mol. The zero-order chi connectivity index (χ0) is 12.9. The largest absolute Gasteiger partial charge is 0.397 e. The van der Waals surface area contributed by atoms with Gasteiger partial charge in [-0.1, -0.05) is 12.1 Å². The molecule has 1 unspecified atom stereocenters. The highest BCUT2D eigenvalue weighted by Crippen LogP contribution is 2.23. The molecule has 1 aromatic rings. The molecule has 0 amide bonds. The topological polar surface area (TPSA) is 67.5 Å². The van der Waals surface area contributed by atoms with Gasteiger partial charge in [0.25, 0.3) is 0 Å². The van der Waals surface area contributed by atoms with Gasteiger partial charge in [0.15, 0.2) is 0 Å². The molecule has 4 nitrogen and oxygen atoms in total. The van der Waals surface area contributed by atoms with Crippen molar-refractivity contribution in [2.75, 3.05) is 31.3 Å². The highest BCUT2D eigenvalue weighted by Gasteiger charge is 2.20. The number of para-hydroxylation sites is 1. The van der Waals surface area contributed by atoms with E-state index in [1.54, 1.807) is 14.0 Å². The predicted octanol–water partition coefficient (Wildman–Crippen LogP) is 1.78. The fourth-order valence-electron chi connectivity index (χ4n) is 1.62. The molecular weight excluding hydrogens is 216 g/mol. The molecule has 0 spiro atoms. The number of methoxy groups -OCH3 is 1. The molecule has 1 rings (SSSR count). The Balaban J connectivity index is 2.60. The van der Waals surface area contributed by atoms with Gasteiger partial charge in [0.1, 0.15) is 0 Å². The van der Waals surface area contributed by atoms with Gasteiger partial charge in [-0.25, -0.2) is 0 Å². The van der Waals surface area contributed by atoms with E-state index < -0.39 is 5.60 Å². The summed E-state index contributed by atoms with van der Waals surface area (Å²) in [4.78, 5) is 0. The fourth-order valence-corrected chi connectivity index (χ4v) is 1.62. The van der Waals surface area contributed by atoms with Crippen LogP contribution in [0.25, 0.3) is 0 Å². The van der Waals surface area contributed by atoms with E-state index >= 15 is 0 Å². The molecule has 0 aromatic heterocycles. The summed E-state index contributed by atoms with van der Waals surface area (Å²) in [6.07, 6.45) is 0.586. The van der Waals surface area contributed by atoms with Crippen LogP contribution in [0.3, 0.4) is 0 Å². The molecule has 0 aliphatic heterocycles. The molecule has 96 valence electrons. The van der Waals surface area contributed by atoms with Crippen molar-refractivity contribution in [3.8, 4) is 0 Å². The molecule has 0 saturated carbocycles. The number of ether oxygens (including phenoxy) is 1. The van der Waals surface area contributed by atoms with Gasteiger partial charge in [0.05, 0.1) is 17.0 Å². The Kier molecular flexibility index (Phi) is 4.78. The minimum Gasteiger partial charge on any atom is -0.397 e. The van der Waals surface area contributed by atoms with E-state index in [9.17, 15) is 5.11 Å². The van der Waals surface area contributed by atoms with Crippen molar-refractivity contribution in [2.24, 2.45) is 0 Å². The molecule has 4 heteroatoms. The molecule has 0 radical (unpaired) electrons. The van der Waals surface area contributed by atoms with Crippen LogP contribution in [0.5, 0.6) is 0 Å². The summed E-state index contributed by atoms with van der Waals surface area (Å²) in [7, 11) is 1.63. The van der Waals surface area contributed by atoms with E-state index in [1.165, 1.54) is 0 Å². The lowest BCUT2D eigenvalue weighted by atomic mass is 10.0. The Bertz CT molecular complexity index is 344. The smallest absolute Gasteiger partial charge is 0.0813 e. The van der Waals surface area contributed by atoms with Gasteiger partial charge < -0.3 is 20.9 Å². The molecular formula is C13H22N2O2. The standard InChI is InChI=1S/C13H22N2O2/c1-10-5-4-6-11(14)12(10)15-9-13(2,16)7-8-17-3/h4-6,15-16H,7-9,14H2,1-3H3. The van der Waals surface area contributed by atoms with Crippen LogP contribution in [0.4, 0.5) is 11.4 Å². The van der Waals surface area contributed by atoms with Gasteiger partial charge >= 0.3 is 0 Å². The second-order valence-corrected chi connectivity index (χ2v) is 4.63. The van der Waals surface area contributed by atoms with Crippen LogP contribution in [0.2, 0.25) is 0 Å². The van der Waals surface area contributed by atoms with Crippen LogP contribution in [-0.4, -0.2) is 31.0 Å². The first kappa shape index (κ1) is 13.8. The lowest BCUT2D eigenvalue weighted by molar-refractivity contribution is 0.0357. The summed E-state index contributed by atoms with van der Waals surface area (Å²) in [5.41, 5.74) is 7.75. The quantitative estimate of drug-likeness (QED) is 0.661. The summed E-state index contributed by atoms with van der Waals surface area (Å²) in [5, 5.41) is 13.3. The van der Waals surface area contributed by atoms with Gasteiger partial charge in [0.2, 0.25) is 0 Å². The number of nitrogen functional groups attached to an aromatic ring is 1. The lowest BCUT2D eigenvalue weighted by Gasteiger charge is -2.25. The molecule has 4 N–H and O–H groups in total. The second kappa shape index (κ2) is 5.89. The van der Waals surface area contributed by atoms with Crippen molar-refractivity contribution < 1.29 is 9.84 Å². The van der Waals surface area contributed by atoms with Crippen LogP contribution < -0.4 is 11.1 Å². The van der Waals surface area contributed by atoms with Crippen molar-refractivity contribution >= 4 is 11.4 Å². The average Bonchev–Trinajstić information content (AvgIpc) is 2.26. The number of anilines is 2. The van der Waals surface area contributed by atoms with Gasteiger partial charge in [-0.3, -0.25) is 0 Å². The molecule has 0 bridgehead atoms. The number of hydrogen-bond donors (Lipinski definition) is 3. The second-order valence-electron chi connectivity index (χ2n) is 4.63. The first-order valence-corrected chi connectivity index (χ1v) is 5.76. The Morgan fingerprint density at radius 2 is 2.18 bits per heavy atom. The zero-order valence-corrected chi connectivity index (χ0v) is 10.8. The molecule has 17 heavy (non-hydrogen) atoms. The van der Waals surface area contributed by atoms with Gasteiger partial charge in [-0.2, -0.15) is 0 Å². The average molecular weight is 238 g/mol. The maximum absolute atomic E-state index is 10.1. The van der Waals surface area contributed by atoms with E-state index in [4.69, 9.17) is 10.5 Å². The molecule has 0 aliphatic rings. The summed E-state index contributed by atoms with van der Waals surface area (Å²) in [5.74, 6) is 0. The highest BCUT2D eigenvalue weighted by atomic mass is 16.5. The Morgan fingerprint density at radius 1 is 1.47 bits per heavy atom. The van der Waals surface area contributed by atoms with E-state index in [0.717, 1.165) is 11.3 Å². The van der Waals surface area contributed by atoms with Crippen LogP contribution in [0.15, 0.2) is 18.2 Å². The van der Waals surface area contributed by atoms with Crippen molar-refractivity contribution in [3.63, 3.8) is 0 Å². The van der Waals surface area contributed by atoms with Crippen molar-refractivity contribution in [2.45, 2.75) is 25.9 Å². The van der Waals surface area contributed by atoms with Gasteiger partial charge in [-0.05, 0) is 25.5 Å². The van der Waals surface area contributed by atoms with Crippen molar-refractivity contribution in [1.82, 2.24) is 0 Å². The van der Waals surface area contributed by atoms with Gasteiger partial charge in [0, 0.05) is 26.7 Å². The fraction of sp³-hybridized carbons (Fsp3) is 0.538. The molecule has 1 aromatic carbocycles. The van der Waals surface area contributed by atoms with E-state index in [0.29, 0.717) is 25.3 Å².